The second-order valence-corrected chi connectivity index (χ2v) is 10.4. The van der Waals surface area contributed by atoms with E-state index in [0.717, 1.165) is 9.75 Å². The lowest BCUT2D eigenvalue weighted by Gasteiger charge is -2.22. The first-order valence-corrected chi connectivity index (χ1v) is 9.05. The molecule has 2 aromatic heterocycles. The fourth-order valence-electron chi connectivity index (χ4n) is 1.24. The molecule has 0 aliphatic rings. The van der Waals surface area contributed by atoms with Gasteiger partial charge in [0.2, 0.25) is 0 Å². The zero-order chi connectivity index (χ0) is 11.1. The highest BCUT2D eigenvalue weighted by molar-refractivity contribution is 8.33. The van der Waals surface area contributed by atoms with Gasteiger partial charge in [-0.3, -0.25) is 0 Å². The number of halogens is 1. The average molecular weight is 260 g/mol. The van der Waals surface area contributed by atoms with Gasteiger partial charge in [-0.1, -0.05) is 0 Å². The molecule has 2 heterocycles. The third-order valence-electron chi connectivity index (χ3n) is 2.03. The van der Waals surface area contributed by atoms with Gasteiger partial charge in [-0.15, -0.1) is 22.7 Å². The molecule has 0 aromatic carbocycles. The lowest BCUT2D eigenvalue weighted by atomic mass is 10.4. The Morgan fingerprint density at radius 3 is 2.33 bits per heavy atom. The van der Waals surface area contributed by atoms with Crippen LogP contribution in [0.15, 0.2) is 27.8 Å². The first kappa shape index (κ1) is 11.2. The van der Waals surface area contributed by atoms with Gasteiger partial charge in [-0.05, 0) is 42.3 Å². The van der Waals surface area contributed by atoms with Gasteiger partial charge in [0.05, 0.1) is 4.88 Å². The van der Waals surface area contributed by atoms with Gasteiger partial charge in [0.25, 0.3) is 0 Å². The van der Waals surface area contributed by atoms with Gasteiger partial charge in [-0.2, -0.15) is 0 Å². The first-order chi connectivity index (χ1) is 6.98. The van der Waals surface area contributed by atoms with E-state index in [2.05, 4.69) is 24.8 Å². The van der Waals surface area contributed by atoms with Crippen molar-refractivity contribution >= 4 is 32.7 Å². The molecule has 0 unspecified atom stereocenters. The minimum Gasteiger partial charge on any atom is -0.214 e. The van der Waals surface area contributed by atoms with Gasteiger partial charge >= 0.3 is 0 Å². The lowest BCUT2D eigenvalue weighted by Crippen LogP contribution is -1.87. The standard InChI is InChI=1S/C11H13FS3/c1-15(2,3)10-5-4-9(14-10)11-8(12)6-7-13-11/h4-7H,1-3H3. The Balaban J connectivity index is 2.41. The maximum Gasteiger partial charge on any atom is 0.142 e. The normalized spacial score (nSPS) is 13.1. The molecule has 0 saturated carbocycles. The summed E-state index contributed by atoms with van der Waals surface area (Å²) in [4.78, 5) is 1.83. The fraction of sp³-hybridized carbons (Fsp3) is 0.273. The van der Waals surface area contributed by atoms with Crippen molar-refractivity contribution in [3.8, 4) is 9.75 Å². The Morgan fingerprint density at radius 2 is 1.87 bits per heavy atom. The van der Waals surface area contributed by atoms with Gasteiger partial charge < -0.3 is 0 Å². The van der Waals surface area contributed by atoms with E-state index in [-0.39, 0.29) is 5.82 Å². The molecule has 0 N–H and O–H groups in total. The number of thiophene rings is 2. The minimum atomic E-state index is -0.685. The molecule has 82 valence electrons. The number of rotatable bonds is 2. The predicted molar refractivity (Wildman–Crippen MR) is 71.2 cm³/mol. The van der Waals surface area contributed by atoms with Gasteiger partial charge in [0, 0.05) is 9.09 Å². The summed E-state index contributed by atoms with van der Waals surface area (Å²) in [7, 11) is -0.685. The van der Waals surface area contributed by atoms with E-state index in [1.807, 2.05) is 6.07 Å². The van der Waals surface area contributed by atoms with Crippen LogP contribution in [0.3, 0.4) is 0 Å². The van der Waals surface area contributed by atoms with Crippen molar-refractivity contribution in [1.82, 2.24) is 0 Å². The monoisotopic (exact) mass is 260 g/mol. The molecule has 0 atom stereocenters. The van der Waals surface area contributed by atoms with Crippen LogP contribution in [0.4, 0.5) is 4.39 Å². The molecule has 15 heavy (non-hydrogen) atoms. The molecular formula is C11H13FS3. The summed E-state index contributed by atoms with van der Waals surface area (Å²) in [5.41, 5.74) is 0. The summed E-state index contributed by atoms with van der Waals surface area (Å²) in [5, 5.41) is 1.80. The van der Waals surface area contributed by atoms with Crippen LogP contribution in [0.5, 0.6) is 0 Å². The summed E-state index contributed by atoms with van der Waals surface area (Å²) in [6.45, 7) is 0. The van der Waals surface area contributed by atoms with Gasteiger partial charge in [-0.25, -0.2) is 14.4 Å². The predicted octanol–water partition coefficient (Wildman–Crippen LogP) is 4.67. The SMILES string of the molecule is CS(C)(C)c1ccc(-c2sccc2F)s1. The summed E-state index contributed by atoms with van der Waals surface area (Å²) in [6, 6.07) is 5.70. The van der Waals surface area contributed by atoms with Crippen LogP contribution in [-0.4, -0.2) is 18.8 Å². The maximum atomic E-state index is 13.4. The first-order valence-electron chi connectivity index (χ1n) is 4.50. The van der Waals surface area contributed by atoms with Gasteiger partial charge in [0.15, 0.2) is 0 Å². The Bertz CT molecular complexity index is 462. The molecule has 0 spiro atoms. The highest BCUT2D eigenvalue weighted by Crippen LogP contribution is 2.50. The summed E-state index contributed by atoms with van der Waals surface area (Å²) < 4.78 is 14.7. The molecule has 2 aromatic rings. The van der Waals surface area contributed by atoms with Crippen LogP contribution < -0.4 is 0 Å². The maximum absolute atomic E-state index is 13.4. The molecule has 0 radical (unpaired) electrons. The topological polar surface area (TPSA) is 0 Å². The van der Waals surface area contributed by atoms with Crippen molar-refractivity contribution in [1.29, 1.82) is 0 Å². The molecule has 0 saturated heterocycles. The largest absolute Gasteiger partial charge is 0.214 e. The van der Waals surface area contributed by atoms with Crippen molar-refractivity contribution in [3.63, 3.8) is 0 Å². The number of hydrogen-bond acceptors (Lipinski definition) is 2. The van der Waals surface area contributed by atoms with E-state index in [4.69, 9.17) is 0 Å². The molecule has 0 aliphatic heterocycles. The van der Waals surface area contributed by atoms with Crippen molar-refractivity contribution in [2.75, 3.05) is 18.8 Å². The Labute approximate surface area is 99.1 Å². The minimum absolute atomic E-state index is 0.0997. The molecule has 0 bridgehead atoms. The van der Waals surface area contributed by atoms with Crippen LogP contribution in [0.2, 0.25) is 0 Å². The zero-order valence-corrected chi connectivity index (χ0v) is 11.4. The molecule has 0 nitrogen and oxygen atoms in total. The van der Waals surface area contributed by atoms with Crippen LogP contribution >= 0.6 is 32.7 Å². The van der Waals surface area contributed by atoms with E-state index < -0.39 is 10.0 Å². The highest BCUT2D eigenvalue weighted by atomic mass is 32.3. The second-order valence-electron chi connectivity index (χ2n) is 4.05. The van der Waals surface area contributed by atoms with Crippen molar-refractivity contribution in [2.24, 2.45) is 0 Å². The molecule has 4 heteroatoms. The molecular weight excluding hydrogens is 247 g/mol. The molecule has 0 fully saturated rings. The van der Waals surface area contributed by atoms with Crippen LogP contribution in [0.1, 0.15) is 0 Å². The third kappa shape index (κ3) is 2.27. The average Bonchev–Trinajstić information content (AvgIpc) is 2.69. The quantitative estimate of drug-likeness (QED) is 0.736. The second kappa shape index (κ2) is 3.92. The van der Waals surface area contributed by atoms with Gasteiger partial charge in [0.1, 0.15) is 5.82 Å². The Morgan fingerprint density at radius 1 is 1.13 bits per heavy atom. The Kier molecular flexibility index (Phi) is 2.92. The fourth-order valence-corrected chi connectivity index (χ4v) is 4.62. The molecule has 2 rings (SSSR count). The van der Waals surface area contributed by atoms with Crippen molar-refractivity contribution < 1.29 is 4.39 Å². The summed E-state index contributed by atoms with van der Waals surface area (Å²) >= 11 is 3.19. The van der Waals surface area contributed by atoms with Crippen LogP contribution in [0.25, 0.3) is 9.75 Å². The number of hydrogen-bond donors (Lipinski definition) is 0. The highest BCUT2D eigenvalue weighted by Gasteiger charge is 2.14. The van der Waals surface area contributed by atoms with E-state index >= 15 is 0 Å². The van der Waals surface area contributed by atoms with E-state index in [1.165, 1.54) is 21.6 Å². The Hall–Kier alpha value is -0.320. The smallest absolute Gasteiger partial charge is 0.142 e. The van der Waals surface area contributed by atoms with Crippen LogP contribution in [-0.2, 0) is 0 Å². The lowest BCUT2D eigenvalue weighted by molar-refractivity contribution is 0.636. The summed E-state index contributed by atoms with van der Waals surface area (Å²) in [5.74, 6) is -0.0997. The van der Waals surface area contributed by atoms with Crippen molar-refractivity contribution in [2.45, 2.75) is 4.21 Å². The van der Waals surface area contributed by atoms with Crippen molar-refractivity contribution in [3.05, 3.63) is 29.4 Å². The van der Waals surface area contributed by atoms with E-state index in [9.17, 15) is 4.39 Å². The third-order valence-corrected chi connectivity index (χ3v) is 7.07. The zero-order valence-electron chi connectivity index (χ0n) is 8.91. The van der Waals surface area contributed by atoms with E-state index in [1.54, 1.807) is 16.7 Å². The molecule has 0 amide bonds. The molecule has 0 aliphatic carbocycles. The van der Waals surface area contributed by atoms with E-state index in [0.29, 0.717) is 0 Å². The summed E-state index contributed by atoms with van der Waals surface area (Å²) in [6.07, 6.45) is 6.77. The van der Waals surface area contributed by atoms with Crippen LogP contribution in [0, 0.1) is 5.82 Å².